The Kier molecular flexibility index (Phi) is 3.51. The molecule has 1 amide bonds. The van der Waals surface area contributed by atoms with E-state index in [-0.39, 0.29) is 11.7 Å². The summed E-state index contributed by atoms with van der Waals surface area (Å²) >= 11 is 0. The monoisotopic (exact) mass is 278 g/mol. The lowest BCUT2D eigenvalue weighted by Gasteiger charge is -2.08. The SMILES string of the molecule is O=C(Nc1cccc(O)c1)C1=C(c2ccccc2)CC=N1. The van der Waals surface area contributed by atoms with Crippen molar-refractivity contribution >= 4 is 23.4 Å². The predicted molar refractivity (Wildman–Crippen MR) is 83.2 cm³/mol. The van der Waals surface area contributed by atoms with Crippen molar-refractivity contribution in [1.29, 1.82) is 0 Å². The quantitative estimate of drug-likeness (QED) is 0.905. The number of phenols is 1. The lowest BCUT2D eigenvalue weighted by Crippen LogP contribution is -2.13. The highest BCUT2D eigenvalue weighted by Gasteiger charge is 2.19. The van der Waals surface area contributed by atoms with Crippen LogP contribution in [0.3, 0.4) is 0 Å². The number of aliphatic imine (C=N–C) groups is 1. The summed E-state index contributed by atoms with van der Waals surface area (Å²) in [6.07, 6.45) is 2.38. The highest BCUT2D eigenvalue weighted by molar-refractivity contribution is 6.12. The standard InChI is InChI=1S/C17H14N2O2/c20-14-8-4-7-13(11-14)19-17(21)16-15(9-10-18-16)12-5-2-1-3-6-12/h1-8,10-11,20H,9H2,(H,19,21). The molecule has 0 fully saturated rings. The number of rotatable bonds is 3. The molecule has 0 atom stereocenters. The van der Waals surface area contributed by atoms with E-state index in [0.717, 1.165) is 11.1 Å². The van der Waals surface area contributed by atoms with Crippen molar-refractivity contribution in [3.8, 4) is 5.75 Å². The van der Waals surface area contributed by atoms with Crippen molar-refractivity contribution in [2.75, 3.05) is 5.32 Å². The Morgan fingerprint density at radius 2 is 1.90 bits per heavy atom. The van der Waals surface area contributed by atoms with E-state index in [0.29, 0.717) is 17.8 Å². The Balaban J connectivity index is 1.87. The largest absolute Gasteiger partial charge is 0.508 e. The van der Waals surface area contributed by atoms with Gasteiger partial charge in [0.25, 0.3) is 5.91 Å². The zero-order valence-electron chi connectivity index (χ0n) is 11.3. The zero-order valence-corrected chi connectivity index (χ0v) is 11.3. The van der Waals surface area contributed by atoms with Crippen LogP contribution in [0.2, 0.25) is 0 Å². The van der Waals surface area contributed by atoms with Crippen molar-refractivity contribution in [3.05, 3.63) is 65.9 Å². The first-order valence-corrected chi connectivity index (χ1v) is 6.65. The van der Waals surface area contributed by atoms with E-state index < -0.39 is 0 Å². The number of nitrogens with zero attached hydrogens (tertiary/aromatic N) is 1. The van der Waals surface area contributed by atoms with Crippen molar-refractivity contribution in [1.82, 2.24) is 0 Å². The van der Waals surface area contributed by atoms with E-state index in [1.807, 2.05) is 30.3 Å². The van der Waals surface area contributed by atoms with Gasteiger partial charge in [-0.3, -0.25) is 9.79 Å². The smallest absolute Gasteiger partial charge is 0.274 e. The lowest BCUT2D eigenvalue weighted by atomic mass is 10.0. The first-order chi connectivity index (χ1) is 10.2. The molecule has 3 rings (SSSR count). The van der Waals surface area contributed by atoms with Crippen molar-refractivity contribution in [2.45, 2.75) is 6.42 Å². The van der Waals surface area contributed by atoms with Crippen LogP contribution in [0.1, 0.15) is 12.0 Å². The van der Waals surface area contributed by atoms with Crippen LogP contribution in [0.15, 0.2) is 65.3 Å². The molecule has 1 aliphatic rings. The zero-order chi connectivity index (χ0) is 14.7. The van der Waals surface area contributed by atoms with E-state index in [4.69, 9.17) is 0 Å². The third kappa shape index (κ3) is 2.84. The predicted octanol–water partition coefficient (Wildman–Crippen LogP) is 3.22. The second-order valence-electron chi connectivity index (χ2n) is 4.71. The summed E-state index contributed by atoms with van der Waals surface area (Å²) in [5.74, 6) is -0.159. The Hall–Kier alpha value is -2.88. The van der Waals surface area contributed by atoms with E-state index in [1.165, 1.54) is 6.07 Å². The van der Waals surface area contributed by atoms with Gasteiger partial charge < -0.3 is 10.4 Å². The number of nitrogens with one attached hydrogen (secondary N) is 1. The van der Waals surface area contributed by atoms with E-state index in [2.05, 4.69) is 10.3 Å². The summed E-state index contributed by atoms with van der Waals surface area (Å²) in [7, 11) is 0. The second-order valence-corrected chi connectivity index (χ2v) is 4.71. The average molecular weight is 278 g/mol. The normalized spacial score (nSPS) is 13.5. The summed E-state index contributed by atoms with van der Waals surface area (Å²) in [6, 6.07) is 16.2. The first-order valence-electron chi connectivity index (χ1n) is 6.65. The number of allylic oxidation sites excluding steroid dienone is 1. The summed E-state index contributed by atoms with van der Waals surface area (Å²) in [5.41, 5.74) is 2.87. The van der Waals surface area contributed by atoms with Gasteiger partial charge in [0.15, 0.2) is 0 Å². The fraction of sp³-hybridized carbons (Fsp3) is 0.0588. The highest BCUT2D eigenvalue weighted by Crippen LogP contribution is 2.27. The van der Waals surface area contributed by atoms with Gasteiger partial charge in [-0.15, -0.1) is 0 Å². The maximum atomic E-state index is 12.3. The molecule has 2 aromatic carbocycles. The molecule has 2 N–H and O–H groups in total. The van der Waals surface area contributed by atoms with Crippen LogP contribution in [0.4, 0.5) is 5.69 Å². The Morgan fingerprint density at radius 1 is 1.10 bits per heavy atom. The van der Waals surface area contributed by atoms with Crippen molar-refractivity contribution in [2.24, 2.45) is 4.99 Å². The minimum atomic E-state index is -0.270. The summed E-state index contributed by atoms with van der Waals surface area (Å²) in [6.45, 7) is 0. The van der Waals surface area contributed by atoms with Crippen LogP contribution >= 0.6 is 0 Å². The molecule has 0 saturated heterocycles. The average Bonchev–Trinajstić information content (AvgIpc) is 2.98. The number of benzene rings is 2. The Labute approximate surface area is 122 Å². The number of hydrogen-bond acceptors (Lipinski definition) is 3. The molecule has 21 heavy (non-hydrogen) atoms. The molecule has 0 aromatic heterocycles. The van der Waals surface area contributed by atoms with Crippen LogP contribution in [-0.4, -0.2) is 17.2 Å². The molecule has 0 spiro atoms. The van der Waals surface area contributed by atoms with E-state index in [1.54, 1.807) is 24.4 Å². The molecular weight excluding hydrogens is 264 g/mol. The molecule has 1 aliphatic heterocycles. The first kappa shape index (κ1) is 13.1. The van der Waals surface area contributed by atoms with Gasteiger partial charge in [0.1, 0.15) is 11.4 Å². The molecule has 0 radical (unpaired) electrons. The maximum absolute atomic E-state index is 12.3. The summed E-state index contributed by atoms with van der Waals surface area (Å²) in [4.78, 5) is 16.5. The molecule has 4 nitrogen and oxygen atoms in total. The number of carbonyl (C=O) groups is 1. The maximum Gasteiger partial charge on any atom is 0.274 e. The van der Waals surface area contributed by atoms with E-state index in [9.17, 15) is 9.90 Å². The molecule has 0 saturated carbocycles. The fourth-order valence-corrected chi connectivity index (χ4v) is 2.27. The number of anilines is 1. The summed E-state index contributed by atoms with van der Waals surface area (Å²) in [5, 5.41) is 12.2. The Bertz CT molecular complexity index is 733. The number of hydrogen-bond donors (Lipinski definition) is 2. The van der Waals surface area contributed by atoms with Crippen LogP contribution in [0.5, 0.6) is 5.75 Å². The van der Waals surface area contributed by atoms with Gasteiger partial charge in [0.05, 0.1) is 0 Å². The Morgan fingerprint density at radius 3 is 2.67 bits per heavy atom. The number of amides is 1. The molecule has 2 aromatic rings. The summed E-state index contributed by atoms with van der Waals surface area (Å²) < 4.78 is 0. The van der Waals surface area contributed by atoms with Crippen LogP contribution in [-0.2, 0) is 4.79 Å². The molecule has 0 bridgehead atoms. The van der Waals surface area contributed by atoms with Gasteiger partial charge in [0.2, 0.25) is 0 Å². The third-order valence-electron chi connectivity index (χ3n) is 3.24. The molecule has 4 heteroatoms. The number of phenolic OH excluding ortho intramolecular Hbond substituents is 1. The van der Waals surface area contributed by atoms with Gasteiger partial charge in [-0.1, -0.05) is 36.4 Å². The lowest BCUT2D eigenvalue weighted by molar-refractivity contribution is -0.112. The molecule has 0 unspecified atom stereocenters. The molecule has 1 heterocycles. The highest BCUT2D eigenvalue weighted by atomic mass is 16.3. The van der Waals surface area contributed by atoms with Gasteiger partial charge in [-0.25, -0.2) is 0 Å². The van der Waals surface area contributed by atoms with Gasteiger partial charge in [-0.2, -0.15) is 0 Å². The molecule has 104 valence electrons. The van der Waals surface area contributed by atoms with Gasteiger partial charge in [-0.05, 0) is 23.3 Å². The molecule has 0 aliphatic carbocycles. The fourth-order valence-electron chi connectivity index (χ4n) is 2.27. The number of aromatic hydroxyl groups is 1. The van der Waals surface area contributed by atoms with Crippen LogP contribution in [0.25, 0.3) is 5.57 Å². The topological polar surface area (TPSA) is 61.7 Å². The van der Waals surface area contributed by atoms with Gasteiger partial charge in [0, 0.05) is 24.4 Å². The minimum absolute atomic E-state index is 0.111. The number of carbonyl (C=O) groups excluding carboxylic acids is 1. The van der Waals surface area contributed by atoms with Crippen LogP contribution in [0, 0.1) is 0 Å². The van der Waals surface area contributed by atoms with Crippen LogP contribution < -0.4 is 5.32 Å². The molecular formula is C17H14N2O2. The van der Waals surface area contributed by atoms with E-state index >= 15 is 0 Å². The second kappa shape index (κ2) is 5.63. The minimum Gasteiger partial charge on any atom is -0.508 e. The third-order valence-corrected chi connectivity index (χ3v) is 3.24. The van der Waals surface area contributed by atoms with Crippen molar-refractivity contribution < 1.29 is 9.90 Å². The van der Waals surface area contributed by atoms with Crippen molar-refractivity contribution in [3.63, 3.8) is 0 Å². The van der Waals surface area contributed by atoms with Gasteiger partial charge >= 0.3 is 0 Å².